The van der Waals surface area contributed by atoms with Gasteiger partial charge in [-0.2, -0.15) is 0 Å². The van der Waals surface area contributed by atoms with E-state index in [1.165, 1.54) is 0 Å². The first-order chi connectivity index (χ1) is 5.24. The molecule has 0 fully saturated rings. The van der Waals surface area contributed by atoms with Crippen molar-refractivity contribution in [2.75, 3.05) is 0 Å². The Balaban J connectivity index is 2.90. The van der Waals surface area contributed by atoms with Gasteiger partial charge in [-0.1, -0.05) is 29.7 Å². The molecule has 0 N–H and O–H groups in total. The maximum absolute atomic E-state index is 11.0. The van der Waals surface area contributed by atoms with E-state index in [1.54, 1.807) is 24.3 Å². The molecule has 1 aromatic rings. The summed E-state index contributed by atoms with van der Waals surface area (Å²) in [5.74, 6) is -0.0648. The van der Waals surface area contributed by atoms with E-state index in [2.05, 4.69) is 0 Å². The van der Waals surface area contributed by atoms with E-state index in [0.29, 0.717) is 11.0 Å². The number of ketones is 1. The molecule has 0 atom stereocenters. The van der Waals surface area contributed by atoms with Crippen LogP contribution < -0.4 is 5.46 Å². The number of hydrogen-bond acceptors (Lipinski definition) is 1. The number of rotatable bonds is 2. The molecule has 0 heterocycles. The first kappa shape index (κ1) is 8.12. The molecule has 1 aromatic carbocycles. The molecular formula is C8H6B2O. The Kier molecular flexibility index (Phi) is 2.53. The van der Waals surface area contributed by atoms with Crippen LogP contribution >= 0.6 is 0 Å². The van der Waals surface area contributed by atoms with Crippen LogP contribution in [0, 0.1) is 0 Å². The Hall–Kier alpha value is -0.980. The maximum Gasteiger partial charge on any atom is 0.154 e. The lowest BCUT2D eigenvalue weighted by atomic mass is 9.91. The predicted molar refractivity (Wildman–Crippen MR) is 46.7 cm³/mol. The van der Waals surface area contributed by atoms with Crippen LogP contribution in [-0.4, -0.2) is 21.5 Å². The molecule has 0 aromatic heterocycles. The second kappa shape index (κ2) is 3.42. The minimum absolute atomic E-state index is 0.0456. The molecule has 1 rings (SSSR count). The largest absolute Gasteiger partial charge is 0.295 e. The number of benzene rings is 1. The van der Waals surface area contributed by atoms with Gasteiger partial charge in [-0.15, -0.1) is 0 Å². The smallest absolute Gasteiger partial charge is 0.154 e. The first-order valence-electron chi connectivity index (χ1n) is 3.33. The highest BCUT2D eigenvalue weighted by molar-refractivity contribution is 6.32. The zero-order valence-electron chi connectivity index (χ0n) is 6.08. The van der Waals surface area contributed by atoms with Gasteiger partial charge >= 0.3 is 0 Å². The van der Waals surface area contributed by atoms with Crippen molar-refractivity contribution in [2.45, 2.75) is 6.32 Å². The van der Waals surface area contributed by atoms with Gasteiger partial charge in [0.25, 0.3) is 0 Å². The zero-order chi connectivity index (χ0) is 8.27. The zero-order valence-corrected chi connectivity index (χ0v) is 6.08. The molecule has 0 unspecified atom stereocenters. The normalized spacial score (nSPS) is 9.45. The third kappa shape index (κ3) is 1.97. The van der Waals surface area contributed by atoms with E-state index in [-0.39, 0.29) is 12.1 Å². The van der Waals surface area contributed by atoms with E-state index in [1.807, 2.05) is 0 Å². The number of Topliss-reactive ketones (excluding diaryl/α,β-unsaturated/α-hetero) is 1. The lowest BCUT2D eigenvalue weighted by molar-refractivity contribution is 0.101. The molecule has 0 saturated carbocycles. The number of hydrogen-bond donors (Lipinski definition) is 0. The van der Waals surface area contributed by atoms with E-state index in [0.717, 1.165) is 0 Å². The van der Waals surface area contributed by atoms with Crippen LogP contribution in [0.5, 0.6) is 0 Å². The van der Waals surface area contributed by atoms with Gasteiger partial charge in [0.1, 0.15) is 7.85 Å². The molecule has 0 spiro atoms. The highest BCUT2D eigenvalue weighted by Crippen LogP contribution is 1.99. The minimum Gasteiger partial charge on any atom is -0.295 e. The van der Waals surface area contributed by atoms with Gasteiger partial charge in [0, 0.05) is 5.56 Å². The SMILES string of the molecule is [B]CC(=O)c1ccc([B])cc1. The molecule has 50 valence electrons. The maximum atomic E-state index is 11.0. The van der Waals surface area contributed by atoms with Gasteiger partial charge < -0.3 is 0 Å². The van der Waals surface area contributed by atoms with Gasteiger partial charge in [0.05, 0.1) is 7.85 Å². The van der Waals surface area contributed by atoms with Gasteiger partial charge in [-0.25, -0.2) is 0 Å². The summed E-state index contributed by atoms with van der Waals surface area (Å²) in [4.78, 5) is 11.0. The van der Waals surface area contributed by atoms with E-state index >= 15 is 0 Å². The first-order valence-corrected chi connectivity index (χ1v) is 3.33. The Morgan fingerprint density at radius 1 is 1.27 bits per heavy atom. The average molecular weight is 140 g/mol. The molecule has 0 bridgehead atoms. The summed E-state index contributed by atoms with van der Waals surface area (Å²) in [7, 11) is 10.6. The molecule has 0 aliphatic carbocycles. The van der Waals surface area contributed by atoms with Crippen molar-refractivity contribution < 1.29 is 4.79 Å². The average Bonchev–Trinajstić information content (AvgIpc) is 2.05. The van der Waals surface area contributed by atoms with Crippen LogP contribution in [0.25, 0.3) is 0 Å². The third-order valence-electron chi connectivity index (χ3n) is 1.42. The fourth-order valence-electron chi connectivity index (χ4n) is 0.787. The highest BCUT2D eigenvalue weighted by atomic mass is 16.1. The summed E-state index contributed by atoms with van der Waals surface area (Å²) in [6.45, 7) is 0. The van der Waals surface area contributed by atoms with E-state index < -0.39 is 0 Å². The highest BCUT2D eigenvalue weighted by Gasteiger charge is 1.99. The minimum atomic E-state index is -0.0648. The Bertz CT molecular complexity index is 253. The summed E-state index contributed by atoms with van der Waals surface area (Å²) in [6.07, 6.45) is 0.0456. The van der Waals surface area contributed by atoms with Gasteiger partial charge in [0.15, 0.2) is 5.78 Å². The quantitative estimate of drug-likeness (QED) is 0.424. The molecule has 1 nitrogen and oxygen atoms in total. The van der Waals surface area contributed by atoms with Crippen molar-refractivity contribution >= 4 is 26.9 Å². The van der Waals surface area contributed by atoms with Gasteiger partial charge in [-0.05, 0) is 6.32 Å². The van der Waals surface area contributed by atoms with Crippen LogP contribution in [0.3, 0.4) is 0 Å². The summed E-state index contributed by atoms with van der Waals surface area (Å²) in [6, 6.07) is 6.71. The van der Waals surface area contributed by atoms with Gasteiger partial charge in [0.2, 0.25) is 0 Å². The summed E-state index contributed by atoms with van der Waals surface area (Å²) in [5, 5.41) is 0. The molecule has 0 amide bonds. The van der Waals surface area contributed by atoms with E-state index in [9.17, 15) is 4.79 Å². The topological polar surface area (TPSA) is 17.1 Å². The molecule has 0 aliphatic heterocycles. The van der Waals surface area contributed by atoms with Crippen molar-refractivity contribution in [1.82, 2.24) is 0 Å². The van der Waals surface area contributed by atoms with Crippen molar-refractivity contribution in [3.63, 3.8) is 0 Å². The molecule has 11 heavy (non-hydrogen) atoms. The fraction of sp³-hybridized carbons (Fsp3) is 0.125. The third-order valence-corrected chi connectivity index (χ3v) is 1.42. The van der Waals surface area contributed by atoms with Crippen LogP contribution in [-0.2, 0) is 0 Å². The summed E-state index contributed by atoms with van der Waals surface area (Å²) >= 11 is 0. The molecule has 3 heteroatoms. The van der Waals surface area contributed by atoms with Crippen LogP contribution in [0.4, 0.5) is 0 Å². The summed E-state index contributed by atoms with van der Waals surface area (Å²) in [5.41, 5.74) is 1.26. The van der Waals surface area contributed by atoms with E-state index in [4.69, 9.17) is 15.7 Å². The summed E-state index contributed by atoms with van der Waals surface area (Å²) < 4.78 is 0. The number of carbonyl (C=O) groups excluding carboxylic acids is 1. The van der Waals surface area contributed by atoms with Crippen LogP contribution in [0.1, 0.15) is 10.4 Å². The number of carbonyl (C=O) groups is 1. The van der Waals surface area contributed by atoms with Crippen molar-refractivity contribution in [3.05, 3.63) is 29.8 Å². The second-order valence-electron chi connectivity index (χ2n) is 2.25. The predicted octanol–water partition coefficient (Wildman–Crippen LogP) is 0.250. The molecule has 4 radical (unpaired) electrons. The Labute approximate surface area is 68.6 Å². The van der Waals surface area contributed by atoms with Crippen molar-refractivity contribution in [2.24, 2.45) is 0 Å². The van der Waals surface area contributed by atoms with Crippen molar-refractivity contribution in [3.8, 4) is 0 Å². The van der Waals surface area contributed by atoms with Crippen LogP contribution in [0.2, 0.25) is 6.32 Å². The lowest BCUT2D eigenvalue weighted by Gasteiger charge is -1.97. The second-order valence-corrected chi connectivity index (χ2v) is 2.25. The lowest BCUT2D eigenvalue weighted by Crippen LogP contribution is -2.04. The molecule has 0 aliphatic rings. The van der Waals surface area contributed by atoms with Crippen molar-refractivity contribution in [1.29, 1.82) is 0 Å². The monoisotopic (exact) mass is 140 g/mol. The standard InChI is InChI=1S/C8H6B2O/c9-5-8(11)6-1-3-7(10)4-2-6/h1-4H,5H2. The van der Waals surface area contributed by atoms with Gasteiger partial charge in [-0.3, -0.25) is 4.79 Å². The Morgan fingerprint density at radius 3 is 2.27 bits per heavy atom. The molecule has 0 saturated heterocycles. The fourth-order valence-corrected chi connectivity index (χ4v) is 0.787. The Morgan fingerprint density at radius 2 is 1.82 bits per heavy atom. The molecular weight excluding hydrogens is 134 g/mol. The van der Waals surface area contributed by atoms with Crippen LogP contribution in [0.15, 0.2) is 24.3 Å².